The minimum absolute atomic E-state index is 0.110. The Balaban J connectivity index is 5.36. The largest absolute Gasteiger partial charge is 0.481 e. The number of carboxylic acids is 1. The molecule has 0 aromatic rings. The van der Waals surface area contributed by atoms with E-state index in [1.807, 2.05) is 20.8 Å². The van der Waals surface area contributed by atoms with Crippen molar-refractivity contribution in [1.82, 2.24) is 10.6 Å². The van der Waals surface area contributed by atoms with E-state index in [0.717, 1.165) is 0 Å². The Morgan fingerprint density at radius 1 is 1.12 bits per heavy atom. The molecule has 0 aromatic carbocycles. The second kappa shape index (κ2) is 8.80. The van der Waals surface area contributed by atoms with Crippen molar-refractivity contribution in [2.24, 2.45) is 5.41 Å². The quantitative estimate of drug-likeness (QED) is 0.420. The van der Waals surface area contributed by atoms with Gasteiger partial charge in [-0.1, -0.05) is 40.4 Å². The summed E-state index contributed by atoms with van der Waals surface area (Å²) in [4.78, 5) is 36.1. The number of rotatable bonds is 9. The number of esters is 1. The zero-order valence-corrected chi connectivity index (χ0v) is 17.8. The molecule has 1 amide bonds. The Labute approximate surface area is 151 Å². The predicted octanol–water partition coefficient (Wildman–Crippen LogP) is 1.85. The molecule has 0 aromatic heterocycles. The number of methoxy groups -OCH3 is 1. The molecular weight excluding hydrogens is 340 g/mol. The Hall–Kier alpha value is -1.41. The van der Waals surface area contributed by atoms with Gasteiger partial charge in [-0.05, 0) is 18.4 Å². The number of carbonyl (C=O) groups excluding carboxylic acids is 2. The predicted molar refractivity (Wildman–Crippen MR) is 100 cm³/mol. The van der Waals surface area contributed by atoms with Crippen LogP contribution >= 0.6 is 0 Å². The highest BCUT2D eigenvalue weighted by Gasteiger charge is 2.41. The Morgan fingerprint density at radius 2 is 1.64 bits per heavy atom. The molecular formula is C17H34N2O5Si. The van der Waals surface area contributed by atoms with Crippen molar-refractivity contribution < 1.29 is 24.2 Å². The van der Waals surface area contributed by atoms with Gasteiger partial charge in [0, 0.05) is 14.6 Å². The highest BCUT2D eigenvalue weighted by Crippen LogP contribution is 2.23. The molecule has 0 aliphatic rings. The van der Waals surface area contributed by atoms with E-state index < -0.39 is 37.5 Å². The van der Waals surface area contributed by atoms with Crippen molar-refractivity contribution in [3.05, 3.63) is 0 Å². The zero-order valence-electron chi connectivity index (χ0n) is 16.8. The fourth-order valence-electron chi connectivity index (χ4n) is 2.67. The van der Waals surface area contributed by atoms with Crippen LogP contribution in [-0.4, -0.2) is 56.3 Å². The maximum absolute atomic E-state index is 12.7. The lowest BCUT2D eigenvalue weighted by molar-refractivity contribution is -0.150. The van der Waals surface area contributed by atoms with Gasteiger partial charge in [0.2, 0.25) is 5.91 Å². The first-order valence-electron chi connectivity index (χ1n) is 8.45. The molecule has 0 aliphatic carbocycles. The molecule has 7 nitrogen and oxygen atoms in total. The van der Waals surface area contributed by atoms with Gasteiger partial charge in [-0.15, -0.1) is 0 Å². The van der Waals surface area contributed by atoms with Crippen LogP contribution in [-0.2, 0) is 19.1 Å². The van der Waals surface area contributed by atoms with Gasteiger partial charge in [0.25, 0.3) is 0 Å². The molecule has 0 aliphatic heterocycles. The number of ether oxygens (including phenoxy) is 1. The van der Waals surface area contributed by atoms with Gasteiger partial charge in [0.15, 0.2) is 0 Å². The topological polar surface area (TPSA) is 105 Å². The van der Waals surface area contributed by atoms with Crippen LogP contribution in [0.5, 0.6) is 0 Å². The normalized spacial score (nSPS) is 15.8. The van der Waals surface area contributed by atoms with E-state index in [1.165, 1.54) is 7.11 Å². The second-order valence-corrected chi connectivity index (χ2v) is 14.6. The Kier molecular flexibility index (Phi) is 8.30. The highest BCUT2D eigenvalue weighted by molar-refractivity contribution is 6.76. The maximum Gasteiger partial charge on any atom is 0.330 e. The standard InChI is InChI=1S/C17H34N2O5Si/c1-16(2,3)10-18-12(9-13(20)21)14(22)19-17(4,15(23)24-5)11-25(6,7)8/h12,18H,9-11H2,1-8H3,(H,19,22)(H,20,21)/t12-,17+/m0/s1. The number of carboxylic acid groups (broad SMARTS) is 1. The lowest BCUT2D eigenvalue weighted by Crippen LogP contribution is -2.60. The molecule has 0 bridgehead atoms. The summed E-state index contributed by atoms with van der Waals surface area (Å²) in [6, 6.07) is -0.417. The van der Waals surface area contributed by atoms with E-state index in [-0.39, 0.29) is 11.8 Å². The van der Waals surface area contributed by atoms with Crippen LogP contribution in [0.2, 0.25) is 25.7 Å². The third-order valence-electron chi connectivity index (χ3n) is 3.49. The van der Waals surface area contributed by atoms with Crippen LogP contribution in [0.3, 0.4) is 0 Å². The van der Waals surface area contributed by atoms with Crippen molar-refractivity contribution >= 4 is 25.9 Å². The first-order chi connectivity index (χ1) is 11.1. The summed E-state index contributed by atoms with van der Waals surface area (Å²) in [7, 11) is -0.425. The van der Waals surface area contributed by atoms with E-state index >= 15 is 0 Å². The minimum Gasteiger partial charge on any atom is -0.481 e. The van der Waals surface area contributed by atoms with Crippen molar-refractivity contribution in [3.8, 4) is 0 Å². The first-order valence-corrected chi connectivity index (χ1v) is 12.2. The van der Waals surface area contributed by atoms with Crippen molar-refractivity contribution in [2.45, 2.75) is 71.4 Å². The lowest BCUT2D eigenvalue weighted by Gasteiger charge is -2.34. The van der Waals surface area contributed by atoms with Gasteiger partial charge < -0.3 is 20.5 Å². The molecule has 8 heteroatoms. The smallest absolute Gasteiger partial charge is 0.330 e. The van der Waals surface area contributed by atoms with Gasteiger partial charge in [0.05, 0.1) is 19.6 Å². The van der Waals surface area contributed by atoms with E-state index in [1.54, 1.807) is 6.92 Å². The van der Waals surface area contributed by atoms with Gasteiger partial charge in [-0.3, -0.25) is 9.59 Å². The van der Waals surface area contributed by atoms with Crippen LogP contribution in [0.1, 0.15) is 34.1 Å². The van der Waals surface area contributed by atoms with Crippen LogP contribution in [0.15, 0.2) is 0 Å². The van der Waals surface area contributed by atoms with Crippen molar-refractivity contribution in [3.63, 3.8) is 0 Å². The fraction of sp³-hybridized carbons (Fsp3) is 0.824. The van der Waals surface area contributed by atoms with Crippen molar-refractivity contribution in [1.29, 1.82) is 0 Å². The molecule has 0 saturated carbocycles. The molecule has 0 heterocycles. The lowest BCUT2D eigenvalue weighted by atomic mass is 9.96. The summed E-state index contributed by atoms with van der Waals surface area (Å²) in [5.41, 5.74) is -1.28. The zero-order chi connectivity index (χ0) is 20.1. The van der Waals surface area contributed by atoms with Crippen molar-refractivity contribution in [2.75, 3.05) is 13.7 Å². The van der Waals surface area contributed by atoms with E-state index in [2.05, 4.69) is 30.3 Å². The number of carbonyl (C=O) groups is 3. The van der Waals surface area contributed by atoms with Gasteiger partial charge >= 0.3 is 11.9 Å². The van der Waals surface area contributed by atoms with Gasteiger partial charge in [-0.2, -0.15) is 0 Å². The highest BCUT2D eigenvalue weighted by atomic mass is 28.3. The SMILES string of the molecule is COC(=O)[C@@](C)(C[Si](C)(C)C)NC(=O)[C@H](CC(=O)O)NCC(C)(C)C. The summed E-state index contributed by atoms with van der Waals surface area (Å²) in [5, 5.41) is 14.8. The molecule has 0 radical (unpaired) electrons. The average Bonchev–Trinajstić information content (AvgIpc) is 2.38. The number of amides is 1. The number of nitrogens with one attached hydrogen (secondary N) is 2. The minimum atomic E-state index is -1.71. The molecule has 0 unspecified atom stereocenters. The third-order valence-corrected chi connectivity index (χ3v) is 5.26. The van der Waals surface area contributed by atoms with Gasteiger partial charge in [-0.25, -0.2) is 4.79 Å². The molecule has 146 valence electrons. The summed E-state index contributed by atoms with van der Waals surface area (Å²) in [6.45, 7) is 14.3. The van der Waals surface area contributed by atoms with E-state index in [9.17, 15) is 14.4 Å². The molecule has 0 fully saturated rings. The summed E-state index contributed by atoms with van der Waals surface area (Å²) >= 11 is 0. The summed E-state index contributed by atoms with van der Waals surface area (Å²) in [5.74, 6) is -2.10. The molecule has 25 heavy (non-hydrogen) atoms. The van der Waals surface area contributed by atoms with E-state index in [0.29, 0.717) is 12.6 Å². The Morgan fingerprint density at radius 3 is 2.00 bits per heavy atom. The third kappa shape index (κ3) is 9.59. The number of hydrogen-bond donors (Lipinski definition) is 3. The van der Waals surface area contributed by atoms with Crippen LogP contribution in [0, 0.1) is 5.41 Å². The second-order valence-electron chi connectivity index (χ2n) is 9.14. The average molecular weight is 375 g/mol. The fourth-order valence-corrected chi connectivity index (χ4v) is 5.03. The van der Waals surface area contributed by atoms with Gasteiger partial charge in [0.1, 0.15) is 5.54 Å². The molecule has 0 saturated heterocycles. The number of aliphatic carboxylic acids is 1. The Bertz CT molecular complexity index is 496. The van der Waals surface area contributed by atoms with E-state index in [4.69, 9.17) is 9.84 Å². The molecule has 0 rings (SSSR count). The maximum atomic E-state index is 12.7. The van der Waals surface area contributed by atoms with Crippen LogP contribution < -0.4 is 10.6 Å². The van der Waals surface area contributed by atoms with Crippen LogP contribution in [0.25, 0.3) is 0 Å². The molecule has 2 atom stereocenters. The van der Waals surface area contributed by atoms with Crippen LogP contribution in [0.4, 0.5) is 0 Å². The molecule has 0 spiro atoms. The summed E-state index contributed by atoms with van der Waals surface area (Å²) in [6.07, 6.45) is -0.355. The molecule has 3 N–H and O–H groups in total. The summed E-state index contributed by atoms with van der Waals surface area (Å²) < 4.78 is 4.87. The number of hydrogen-bond acceptors (Lipinski definition) is 5. The monoisotopic (exact) mass is 374 g/mol. The first kappa shape index (κ1) is 23.6.